The molecule has 0 spiro atoms. The Bertz CT molecular complexity index is 595. The fourth-order valence-corrected chi connectivity index (χ4v) is 5.06. The normalized spacial score (nSPS) is 20.6. The lowest BCUT2D eigenvalue weighted by Crippen LogP contribution is -2.44. The highest BCUT2D eigenvalue weighted by Crippen LogP contribution is 2.30. The Morgan fingerprint density at radius 2 is 2.19 bits per heavy atom. The van der Waals surface area contributed by atoms with Crippen molar-refractivity contribution in [1.82, 2.24) is 9.62 Å². The molecule has 1 N–H and O–H groups in total. The van der Waals surface area contributed by atoms with Crippen molar-refractivity contribution in [3.63, 3.8) is 0 Å². The van der Waals surface area contributed by atoms with E-state index < -0.39 is 10.0 Å². The van der Waals surface area contributed by atoms with Crippen molar-refractivity contribution in [2.45, 2.75) is 36.6 Å². The Hall–Kier alpha value is -0.140. The molecule has 0 radical (unpaired) electrons. The summed E-state index contributed by atoms with van der Waals surface area (Å²) in [5.74, 6) is 0. The average molecular weight is 396 g/mol. The van der Waals surface area contributed by atoms with Crippen LogP contribution in [0.15, 0.2) is 27.6 Å². The summed E-state index contributed by atoms with van der Waals surface area (Å²) in [6, 6.07) is 4.85. The lowest BCUT2D eigenvalue weighted by atomic mass is 10.0. The fourth-order valence-electron chi connectivity index (χ4n) is 2.66. The molecule has 4 nitrogen and oxygen atoms in total. The molecule has 0 saturated carbocycles. The molecule has 0 aromatic heterocycles. The fraction of sp³-hybridized carbons (Fsp3) is 0.571. The third-order valence-electron chi connectivity index (χ3n) is 3.80. The molecule has 0 bridgehead atoms. The van der Waals surface area contributed by atoms with Gasteiger partial charge in [0.2, 0.25) is 10.0 Å². The number of halogens is 2. The largest absolute Gasteiger partial charge is 0.320 e. The van der Waals surface area contributed by atoms with Crippen LogP contribution in [-0.4, -0.2) is 38.9 Å². The lowest BCUT2D eigenvalue weighted by Gasteiger charge is -2.34. The summed E-state index contributed by atoms with van der Waals surface area (Å²) in [6.07, 6.45) is 3.77. The molecule has 1 aliphatic heterocycles. The number of benzene rings is 1. The summed E-state index contributed by atoms with van der Waals surface area (Å²) in [6.45, 7) is 1.41. The van der Waals surface area contributed by atoms with E-state index in [0.29, 0.717) is 20.9 Å². The van der Waals surface area contributed by atoms with Gasteiger partial charge in [0.25, 0.3) is 0 Å². The molecule has 0 amide bonds. The average Bonchev–Trinajstić information content (AvgIpc) is 2.48. The summed E-state index contributed by atoms with van der Waals surface area (Å²) in [4.78, 5) is 0.301. The number of piperidine rings is 1. The Kier molecular flexibility index (Phi) is 6.08. The minimum atomic E-state index is -3.46. The van der Waals surface area contributed by atoms with Crippen molar-refractivity contribution in [2.24, 2.45) is 0 Å². The molecule has 1 aliphatic rings. The zero-order chi connectivity index (χ0) is 15.5. The van der Waals surface area contributed by atoms with Crippen LogP contribution in [-0.2, 0) is 10.0 Å². The molecule has 1 aromatic rings. The number of nitrogens with zero attached hydrogens (tertiary/aromatic N) is 1. The van der Waals surface area contributed by atoms with E-state index in [1.165, 1.54) is 0 Å². The molecule has 1 unspecified atom stereocenters. The number of hydrogen-bond acceptors (Lipinski definition) is 3. The summed E-state index contributed by atoms with van der Waals surface area (Å²) in [5, 5.41) is 3.61. The standard InChI is InChI=1S/C14H20BrClN2O2S/c1-17-8-7-11-4-2-3-9-18(11)21(19,20)12-5-6-14(16)13(15)10-12/h5-6,10-11,17H,2-4,7-9H2,1H3. The summed E-state index contributed by atoms with van der Waals surface area (Å²) in [7, 11) is -1.58. The second-order valence-electron chi connectivity index (χ2n) is 5.23. The summed E-state index contributed by atoms with van der Waals surface area (Å²) < 4.78 is 28.0. The lowest BCUT2D eigenvalue weighted by molar-refractivity contribution is 0.240. The monoisotopic (exact) mass is 394 g/mol. The van der Waals surface area contributed by atoms with E-state index in [4.69, 9.17) is 11.6 Å². The molecule has 1 heterocycles. The van der Waals surface area contributed by atoms with Crippen LogP contribution in [0.2, 0.25) is 5.02 Å². The van der Waals surface area contributed by atoms with Crippen molar-refractivity contribution in [1.29, 1.82) is 0 Å². The van der Waals surface area contributed by atoms with E-state index in [1.54, 1.807) is 22.5 Å². The molecule has 0 aliphatic carbocycles. The van der Waals surface area contributed by atoms with Gasteiger partial charge in [-0.3, -0.25) is 0 Å². The number of hydrogen-bond donors (Lipinski definition) is 1. The van der Waals surface area contributed by atoms with Crippen molar-refractivity contribution in [3.8, 4) is 0 Å². The van der Waals surface area contributed by atoms with Crippen molar-refractivity contribution in [2.75, 3.05) is 20.1 Å². The van der Waals surface area contributed by atoms with Gasteiger partial charge in [-0.25, -0.2) is 8.42 Å². The van der Waals surface area contributed by atoms with Gasteiger partial charge in [0.05, 0.1) is 9.92 Å². The van der Waals surface area contributed by atoms with Gasteiger partial charge in [0.1, 0.15) is 0 Å². The zero-order valence-corrected chi connectivity index (χ0v) is 15.1. The zero-order valence-electron chi connectivity index (χ0n) is 12.0. The maximum absolute atomic E-state index is 12.9. The molecule has 21 heavy (non-hydrogen) atoms. The van der Waals surface area contributed by atoms with Crippen LogP contribution in [0.3, 0.4) is 0 Å². The number of nitrogens with one attached hydrogen (secondary N) is 1. The van der Waals surface area contributed by atoms with Gasteiger partial charge in [-0.05, 0) is 67.0 Å². The maximum Gasteiger partial charge on any atom is 0.243 e. The molecule has 7 heteroatoms. The van der Waals surface area contributed by atoms with Crippen molar-refractivity contribution >= 4 is 37.6 Å². The molecular formula is C14H20BrClN2O2S. The molecule has 1 aromatic carbocycles. The van der Waals surface area contributed by atoms with Crippen LogP contribution in [0.1, 0.15) is 25.7 Å². The highest BCUT2D eigenvalue weighted by molar-refractivity contribution is 9.10. The highest BCUT2D eigenvalue weighted by atomic mass is 79.9. The maximum atomic E-state index is 12.9. The highest BCUT2D eigenvalue weighted by Gasteiger charge is 2.33. The van der Waals surface area contributed by atoms with E-state index in [0.717, 1.165) is 32.2 Å². The first-order chi connectivity index (χ1) is 9.96. The first-order valence-corrected chi connectivity index (χ1v) is 9.69. The van der Waals surface area contributed by atoms with Gasteiger partial charge >= 0.3 is 0 Å². The Balaban J connectivity index is 2.28. The SMILES string of the molecule is CNCCC1CCCCN1S(=O)(=O)c1ccc(Cl)c(Br)c1. The van der Waals surface area contributed by atoms with Gasteiger partial charge in [0.15, 0.2) is 0 Å². The minimum Gasteiger partial charge on any atom is -0.320 e. The number of sulfonamides is 1. The van der Waals surface area contributed by atoms with Crippen LogP contribution < -0.4 is 5.32 Å². The second kappa shape index (κ2) is 7.42. The third-order valence-corrected chi connectivity index (χ3v) is 6.96. The van der Waals surface area contributed by atoms with E-state index in [9.17, 15) is 8.42 Å². The first-order valence-electron chi connectivity index (χ1n) is 7.08. The molecule has 118 valence electrons. The van der Waals surface area contributed by atoms with Crippen molar-refractivity contribution < 1.29 is 8.42 Å². The topological polar surface area (TPSA) is 49.4 Å². The Morgan fingerprint density at radius 1 is 1.43 bits per heavy atom. The molecule has 1 fully saturated rings. The predicted molar refractivity (Wildman–Crippen MR) is 89.2 cm³/mol. The molecular weight excluding hydrogens is 376 g/mol. The Morgan fingerprint density at radius 3 is 2.86 bits per heavy atom. The molecule has 2 rings (SSSR count). The second-order valence-corrected chi connectivity index (χ2v) is 8.39. The van der Waals surface area contributed by atoms with Gasteiger partial charge in [-0.2, -0.15) is 4.31 Å². The summed E-state index contributed by atoms with van der Waals surface area (Å²) in [5.41, 5.74) is 0. The van der Waals surface area contributed by atoms with Crippen LogP contribution in [0, 0.1) is 0 Å². The van der Waals surface area contributed by atoms with Gasteiger partial charge in [-0.15, -0.1) is 0 Å². The van der Waals surface area contributed by atoms with Crippen LogP contribution >= 0.6 is 27.5 Å². The third kappa shape index (κ3) is 3.99. The van der Waals surface area contributed by atoms with E-state index in [-0.39, 0.29) is 6.04 Å². The van der Waals surface area contributed by atoms with E-state index in [1.807, 2.05) is 7.05 Å². The Labute approximate surface area is 140 Å². The number of rotatable bonds is 5. The molecule has 1 saturated heterocycles. The smallest absolute Gasteiger partial charge is 0.243 e. The van der Waals surface area contributed by atoms with Gasteiger partial charge < -0.3 is 5.32 Å². The van der Waals surface area contributed by atoms with E-state index >= 15 is 0 Å². The summed E-state index contributed by atoms with van der Waals surface area (Å²) >= 11 is 9.24. The van der Waals surface area contributed by atoms with Crippen LogP contribution in [0.4, 0.5) is 0 Å². The van der Waals surface area contributed by atoms with E-state index in [2.05, 4.69) is 21.2 Å². The minimum absolute atomic E-state index is 0.0747. The molecule has 1 atom stereocenters. The van der Waals surface area contributed by atoms with Gasteiger partial charge in [-0.1, -0.05) is 18.0 Å². The first kappa shape index (κ1) is 17.2. The predicted octanol–water partition coefficient (Wildman–Crippen LogP) is 3.26. The quantitative estimate of drug-likeness (QED) is 0.832. The van der Waals surface area contributed by atoms with Crippen molar-refractivity contribution in [3.05, 3.63) is 27.7 Å². The van der Waals surface area contributed by atoms with Crippen LogP contribution in [0.5, 0.6) is 0 Å². The van der Waals surface area contributed by atoms with Crippen LogP contribution in [0.25, 0.3) is 0 Å². The van der Waals surface area contributed by atoms with Gasteiger partial charge in [0, 0.05) is 17.1 Å².